The third kappa shape index (κ3) is 1.76. The predicted octanol–water partition coefficient (Wildman–Crippen LogP) is 3.40. The Kier molecular flexibility index (Phi) is 3.17. The molecule has 14 heavy (non-hydrogen) atoms. The zero-order valence-corrected chi connectivity index (χ0v) is 10.0. The van der Waals surface area contributed by atoms with Crippen molar-refractivity contribution in [1.82, 2.24) is 0 Å². The first-order chi connectivity index (χ1) is 6.49. The van der Waals surface area contributed by atoms with Gasteiger partial charge in [0.15, 0.2) is 0 Å². The Hall–Kier alpha value is -1.01. The van der Waals surface area contributed by atoms with Crippen LogP contribution in [0.1, 0.15) is 29.5 Å². The van der Waals surface area contributed by atoms with Gasteiger partial charge in [0.1, 0.15) is 5.75 Å². The molecule has 1 aromatic carbocycles. The monoisotopic (exact) mass is 253 g/mol. The van der Waals surface area contributed by atoms with Crippen LogP contribution in [0.4, 0.5) is 0 Å². The summed E-state index contributed by atoms with van der Waals surface area (Å²) in [4.78, 5) is 0. The summed E-state index contributed by atoms with van der Waals surface area (Å²) in [5.74, 6) is -0.0500. The third-order valence-electron chi connectivity index (χ3n) is 2.36. The van der Waals surface area contributed by atoms with Gasteiger partial charge in [-0.15, -0.1) is 0 Å². The van der Waals surface area contributed by atoms with Crippen LogP contribution in [-0.4, -0.2) is 5.11 Å². The number of hydrogen-bond acceptors (Lipinski definition) is 2. The highest BCUT2D eigenvalue weighted by atomic mass is 79.9. The highest BCUT2D eigenvalue weighted by Gasteiger charge is 2.16. The SMILES string of the molecule is Cc1cc(Br)c(C)c(C(C)C#N)c1O. The Morgan fingerprint density at radius 1 is 1.50 bits per heavy atom. The van der Waals surface area contributed by atoms with Crippen molar-refractivity contribution in [1.29, 1.82) is 5.26 Å². The molecule has 0 aromatic heterocycles. The Morgan fingerprint density at radius 3 is 2.57 bits per heavy atom. The van der Waals surface area contributed by atoms with Crippen molar-refractivity contribution in [2.45, 2.75) is 26.7 Å². The lowest BCUT2D eigenvalue weighted by molar-refractivity contribution is 0.462. The molecule has 1 unspecified atom stereocenters. The Balaban J connectivity index is 3.49. The van der Waals surface area contributed by atoms with Gasteiger partial charge in [-0.3, -0.25) is 0 Å². The number of hydrogen-bond donors (Lipinski definition) is 1. The zero-order valence-electron chi connectivity index (χ0n) is 8.43. The normalized spacial score (nSPS) is 12.2. The summed E-state index contributed by atoms with van der Waals surface area (Å²) in [6.45, 7) is 5.51. The highest BCUT2D eigenvalue weighted by molar-refractivity contribution is 9.10. The van der Waals surface area contributed by atoms with Crippen molar-refractivity contribution in [3.8, 4) is 11.8 Å². The quantitative estimate of drug-likeness (QED) is 0.834. The van der Waals surface area contributed by atoms with Gasteiger partial charge in [0, 0.05) is 10.0 Å². The van der Waals surface area contributed by atoms with Gasteiger partial charge >= 0.3 is 0 Å². The lowest BCUT2D eigenvalue weighted by atomic mass is 9.94. The van der Waals surface area contributed by atoms with E-state index in [-0.39, 0.29) is 11.7 Å². The van der Waals surface area contributed by atoms with Crippen molar-refractivity contribution in [2.24, 2.45) is 0 Å². The molecule has 1 atom stereocenters. The van der Waals surface area contributed by atoms with E-state index in [1.165, 1.54) is 0 Å². The van der Waals surface area contributed by atoms with Crippen LogP contribution >= 0.6 is 15.9 Å². The molecule has 2 nitrogen and oxygen atoms in total. The molecule has 3 heteroatoms. The summed E-state index contributed by atoms with van der Waals surface area (Å²) in [7, 11) is 0. The van der Waals surface area contributed by atoms with Crippen molar-refractivity contribution < 1.29 is 5.11 Å². The molecule has 0 aliphatic rings. The second-order valence-electron chi connectivity index (χ2n) is 3.41. The molecule has 0 fully saturated rings. The fourth-order valence-corrected chi connectivity index (χ4v) is 2.04. The average molecular weight is 254 g/mol. The molecule has 0 amide bonds. The second kappa shape index (κ2) is 4.02. The Bertz CT molecular complexity index is 380. The first kappa shape index (κ1) is 11.1. The van der Waals surface area contributed by atoms with Gasteiger partial charge < -0.3 is 5.11 Å². The van der Waals surface area contributed by atoms with Crippen LogP contribution in [-0.2, 0) is 0 Å². The van der Waals surface area contributed by atoms with Crippen LogP contribution in [0, 0.1) is 25.2 Å². The standard InChI is InChI=1S/C11H12BrNO/c1-6-4-9(12)8(3)10(11(6)14)7(2)5-13/h4,7,14H,1-3H3. The van der Waals surface area contributed by atoms with E-state index in [1.54, 1.807) is 6.92 Å². The lowest BCUT2D eigenvalue weighted by Gasteiger charge is -2.14. The fraction of sp³-hybridized carbons (Fsp3) is 0.364. The maximum Gasteiger partial charge on any atom is 0.123 e. The average Bonchev–Trinajstić information content (AvgIpc) is 2.15. The first-order valence-electron chi connectivity index (χ1n) is 4.37. The molecule has 1 N–H and O–H groups in total. The summed E-state index contributed by atoms with van der Waals surface area (Å²) in [6.07, 6.45) is 0. The zero-order chi connectivity index (χ0) is 10.9. The minimum absolute atomic E-state index is 0.236. The van der Waals surface area contributed by atoms with Crippen molar-refractivity contribution in [2.75, 3.05) is 0 Å². The maximum atomic E-state index is 9.83. The molecule has 74 valence electrons. The van der Waals surface area contributed by atoms with E-state index in [0.717, 1.165) is 21.2 Å². The van der Waals surface area contributed by atoms with E-state index in [4.69, 9.17) is 5.26 Å². The predicted molar refractivity (Wildman–Crippen MR) is 59.3 cm³/mol. The van der Waals surface area contributed by atoms with E-state index in [9.17, 15) is 5.11 Å². The minimum Gasteiger partial charge on any atom is -0.507 e. The molecule has 0 radical (unpaired) electrons. The molecule has 0 spiro atoms. The number of aryl methyl sites for hydroxylation is 1. The van der Waals surface area contributed by atoms with E-state index in [1.807, 2.05) is 19.9 Å². The van der Waals surface area contributed by atoms with E-state index >= 15 is 0 Å². The molecular weight excluding hydrogens is 242 g/mol. The molecule has 0 heterocycles. The Morgan fingerprint density at radius 2 is 2.07 bits per heavy atom. The maximum absolute atomic E-state index is 9.83. The summed E-state index contributed by atoms with van der Waals surface area (Å²) < 4.78 is 0.935. The fourth-order valence-electron chi connectivity index (χ4n) is 1.48. The van der Waals surface area contributed by atoms with E-state index in [2.05, 4.69) is 22.0 Å². The molecule has 0 aliphatic carbocycles. The topological polar surface area (TPSA) is 44.0 Å². The number of rotatable bonds is 1. The van der Waals surface area contributed by atoms with Gasteiger partial charge in [0.25, 0.3) is 0 Å². The third-order valence-corrected chi connectivity index (χ3v) is 3.18. The van der Waals surface area contributed by atoms with Gasteiger partial charge in [0.05, 0.1) is 12.0 Å². The number of benzene rings is 1. The molecule has 0 aliphatic heterocycles. The summed E-state index contributed by atoms with van der Waals surface area (Å²) in [5, 5.41) is 18.7. The number of nitrogens with zero attached hydrogens (tertiary/aromatic N) is 1. The van der Waals surface area contributed by atoms with Crippen molar-refractivity contribution >= 4 is 15.9 Å². The van der Waals surface area contributed by atoms with Crippen LogP contribution in [0.2, 0.25) is 0 Å². The van der Waals surface area contributed by atoms with Gasteiger partial charge in [-0.25, -0.2) is 0 Å². The molecule has 0 saturated carbocycles. The van der Waals surface area contributed by atoms with Crippen molar-refractivity contribution in [3.63, 3.8) is 0 Å². The highest BCUT2D eigenvalue weighted by Crippen LogP contribution is 2.35. The largest absolute Gasteiger partial charge is 0.507 e. The van der Waals surface area contributed by atoms with Gasteiger partial charge in [0.2, 0.25) is 0 Å². The van der Waals surface area contributed by atoms with Crippen LogP contribution in [0.5, 0.6) is 5.75 Å². The number of phenols is 1. The van der Waals surface area contributed by atoms with Crippen molar-refractivity contribution in [3.05, 3.63) is 27.2 Å². The van der Waals surface area contributed by atoms with E-state index in [0.29, 0.717) is 0 Å². The van der Waals surface area contributed by atoms with Gasteiger partial charge in [-0.05, 0) is 38.0 Å². The number of halogens is 1. The Labute approximate surface area is 92.3 Å². The number of nitriles is 1. The second-order valence-corrected chi connectivity index (χ2v) is 4.27. The van der Waals surface area contributed by atoms with Gasteiger partial charge in [-0.2, -0.15) is 5.26 Å². The number of aromatic hydroxyl groups is 1. The molecular formula is C11H12BrNO. The molecule has 1 rings (SSSR count). The van der Waals surface area contributed by atoms with Crippen LogP contribution in [0.25, 0.3) is 0 Å². The summed E-state index contributed by atoms with van der Waals surface area (Å²) in [5.41, 5.74) is 2.45. The van der Waals surface area contributed by atoms with Crippen LogP contribution in [0.3, 0.4) is 0 Å². The number of phenolic OH excluding ortho intramolecular Hbond substituents is 1. The summed E-state index contributed by atoms with van der Waals surface area (Å²) in [6, 6.07) is 4.00. The van der Waals surface area contributed by atoms with E-state index < -0.39 is 0 Å². The molecule has 0 saturated heterocycles. The first-order valence-corrected chi connectivity index (χ1v) is 5.16. The van der Waals surface area contributed by atoms with Crippen LogP contribution < -0.4 is 0 Å². The smallest absolute Gasteiger partial charge is 0.123 e. The minimum atomic E-state index is -0.286. The van der Waals surface area contributed by atoms with Gasteiger partial charge in [-0.1, -0.05) is 15.9 Å². The van der Waals surface area contributed by atoms with Crippen LogP contribution in [0.15, 0.2) is 10.5 Å². The molecule has 1 aromatic rings. The lowest BCUT2D eigenvalue weighted by Crippen LogP contribution is -1.97. The summed E-state index contributed by atoms with van der Waals surface area (Å²) >= 11 is 3.41. The molecule has 0 bridgehead atoms.